The third-order valence-corrected chi connectivity index (χ3v) is 6.84. The monoisotopic (exact) mass is 501 g/mol. The van der Waals surface area contributed by atoms with Gasteiger partial charge in [0.05, 0.1) is 22.4 Å². The number of thiophene rings is 1. The first-order valence-corrected chi connectivity index (χ1v) is 11.0. The van der Waals surface area contributed by atoms with E-state index in [1.807, 2.05) is 19.1 Å². The average molecular weight is 503 g/mol. The van der Waals surface area contributed by atoms with E-state index in [-0.39, 0.29) is 12.0 Å². The second kappa shape index (κ2) is 8.87. The molecular weight excluding hydrogens is 482 g/mol. The maximum Gasteiger partial charge on any atom is 0.306 e. The molecule has 0 saturated carbocycles. The highest BCUT2D eigenvalue weighted by Crippen LogP contribution is 2.41. The number of nitrogens with zero attached hydrogens (tertiary/aromatic N) is 1. The molecule has 140 valence electrons. The molecular formula is C19H21Br2NO3S. The topological polar surface area (TPSA) is 49.8 Å². The Hall–Kier alpha value is -0.890. The summed E-state index contributed by atoms with van der Waals surface area (Å²) in [5.41, 5.74) is 1.12. The minimum atomic E-state index is -0.683. The van der Waals surface area contributed by atoms with Crippen LogP contribution in [0.5, 0.6) is 5.75 Å². The van der Waals surface area contributed by atoms with Crippen LogP contribution in [0, 0.1) is 5.92 Å². The maximum atomic E-state index is 11.3. The van der Waals surface area contributed by atoms with Gasteiger partial charge in [-0.05, 0) is 79.1 Å². The molecule has 1 fully saturated rings. The molecule has 26 heavy (non-hydrogen) atoms. The lowest BCUT2D eigenvalue weighted by Crippen LogP contribution is -2.39. The number of likely N-dealkylation sites (tertiary alicyclic amines) is 1. The Balaban J connectivity index is 1.98. The summed E-state index contributed by atoms with van der Waals surface area (Å²) < 4.78 is 8.00. The van der Waals surface area contributed by atoms with Crippen molar-refractivity contribution in [1.82, 2.24) is 4.90 Å². The Kier molecular flexibility index (Phi) is 6.77. The fraction of sp³-hybridized carbons (Fsp3) is 0.421. The number of piperidine rings is 1. The van der Waals surface area contributed by atoms with Crippen molar-refractivity contribution in [2.45, 2.75) is 25.8 Å². The molecule has 0 amide bonds. The van der Waals surface area contributed by atoms with Crippen molar-refractivity contribution in [2.75, 3.05) is 19.7 Å². The van der Waals surface area contributed by atoms with Crippen LogP contribution in [-0.4, -0.2) is 35.7 Å². The molecule has 0 radical (unpaired) electrons. The standard InChI is InChI=1S/C19H21Br2NO3S/c1-2-25-15-4-3-13(20)11-14(15)18(16-5-6-17(21)26-16)22-9-7-12(8-10-22)19(23)24/h3-6,11-12,18H,2,7-10H2,1H3,(H,23,24). The van der Waals surface area contributed by atoms with Gasteiger partial charge >= 0.3 is 5.97 Å². The minimum absolute atomic E-state index is 0.0556. The van der Waals surface area contributed by atoms with Gasteiger partial charge in [-0.3, -0.25) is 9.69 Å². The molecule has 1 aromatic carbocycles. The number of benzene rings is 1. The second-order valence-corrected chi connectivity index (χ2v) is 9.72. The van der Waals surface area contributed by atoms with Crippen LogP contribution < -0.4 is 4.74 Å². The van der Waals surface area contributed by atoms with Gasteiger partial charge in [0.15, 0.2) is 0 Å². The molecule has 1 saturated heterocycles. The zero-order chi connectivity index (χ0) is 18.7. The van der Waals surface area contributed by atoms with Gasteiger partial charge in [0, 0.05) is 14.9 Å². The zero-order valence-electron chi connectivity index (χ0n) is 14.5. The van der Waals surface area contributed by atoms with E-state index in [2.05, 4.69) is 55.0 Å². The first-order valence-electron chi connectivity index (χ1n) is 8.64. The number of hydrogen-bond acceptors (Lipinski definition) is 4. The van der Waals surface area contributed by atoms with E-state index in [9.17, 15) is 9.90 Å². The fourth-order valence-corrected chi connectivity index (χ4v) is 5.39. The van der Waals surface area contributed by atoms with E-state index in [4.69, 9.17) is 4.74 Å². The van der Waals surface area contributed by atoms with E-state index >= 15 is 0 Å². The predicted octanol–water partition coefficient (Wildman–Crippen LogP) is 5.56. The van der Waals surface area contributed by atoms with Gasteiger partial charge in [0.2, 0.25) is 0 Å². The molecule has 2 heterocycles. The lowest BCUT2D eigenvalue weighted by Gasteiger charge is -2.37. The molecule has 1 atom stereocenters. The summed E-state index contributed by atoms with van der Waals surface area (Å²) in [5.74, 6) is -0.0426. The van der Waals surface area contributed by atoms with Crippen molar-refractivity contribution in [3.63, 3.8) is 0 Å². The average Bonchev–Trinajstić information content (AvgIpc) is 3.04. The molecule has 1 N–H and O–H groups in total. The normalized spacial score (nSPS) is 17.2. The number of carboxylic acid groups (broad SMARTS) is 1. The Morgan fingerprint density at radius 1 is 1.31 bits per heavy atom. The SMILES string of the molecule is CCOc1ccc(Br)cc1C(c1ccc(Br)s1)N1CCC(C(=O)O)CC1. The molecule has 1 unspecified atom stereocenters. The molecule has 0 bridgehead atoms. The van der Waals surface area contributed by atoms with Crippen LogP contribution in [0.4, 0.5) is 0 Å². The molecule has 1 aliphatic heterocycles. The molecule has 1 aromatic heterocycles. The van der Waals surface area contributed by atoms with Crippen LogP contribution in [0.15, 0.2) is 38.6 Å². The van der Waals surface area contributed by atoms with Crippen LogP contribution in [-0.2, 0) is 4.79 Å². The van der Waals surface area contributed by atoms with E-state index in [1.54, 1.807) is 11.3 Å². The van der Waals surface area contributed by atoms with Crippen LogP contribution in [0.3, 0.4) is 0 Å². The van der Waals surface area contributed by atoms with Crippen molar-refractivity contribution >= 4 is 49.2 Å². The number of halogens is 2. The van der Waals surface area contributed by atoms with Crippen molar-refractivity contribution in [1.29, 1.82) is 0 Å². The van der Waals surface area contributed by atoms with Gasteiger partial charge in [-0.15, -0.1) is 11.3 Å². The van der Waals surface area contributed by atoms with Crippen molar-refractivity contribution < 1.29 is 14.6 Å². The fourth-order valence-electron chi connectivity index (χ4n) is 3.43. The summed E-state index contributed by atoms with van der Waals surface area (Å²) in [7, 11) is 0. The summed E-state index contributed by atoms with van der Waals surface area (Å²) in [6.07, 6.45) is 1.35. The summed E-state index contributed by atoms with van der Waals surface area (Å²) in [5, 5.41) is 9.30. The quantitative estimate of drug-likeness (QED) is 0.561. The van der Waals surface area contributed by atoms with Crippen LogP contribution in [0.1, 0.15) is 36.2 Å². The van der Waals surface area contributed by atoms with E-state index < -0.39 is 5.97 Å². The number of aliphatic carboxylic acids is 1. The summed E-state index contributed by atoms with van der Waals surface area (Å²) in [4.78, 5) is 14.9. The number of carboxylic acids is 1. The molecule has 7 heteroatoms. The highest BCUT2D eigenvalue weighted by Gasteiger charge is 2.32. The Bertz CT molecular complexity index is 772. The Labute approximate surface area is 174 Å². The van der Waals surface area contributed by atoms with Crippen molar-refractivity contribution in [2.24, 2.45) is 5.92 Å². The lowest BCUT2D eigenvalue weighted by molar-refractivity contribution is -0.143. The van der Waals surface area contributed by atoms with Gasteiger partial charge in [0.1, 0.15) is 5.75 Å². The van der Waals surface area contributed by atoms with E-state index in [0.717, 1.165) is 32.7 Å². The largest absolute Gasteiger partial charge is 0.494 e. The highest BCUT2D eigenvalue weighted by atomic mass is 79.9. The number of carbonyl (C=O) groups is 1. The molecule has 4 nitrogen and oxygen atoms in total. The number of hydrogen-bond donors (Lipinski definition) is 1. The van der Waals surface area contributed by atoms with Crippen LogP contribution >= 0.6 is 43.2 Å². The molecule has 2 aromatic rings. The minimum Gasteiger partial charge on any atom is -0.494 e. The highest BCUT2D eigenvalue weighted by molar-refractivity contribution is 9.11. The predicted molar refractivity (Wildman–Crippen MR) is 111 cm³/mol. The first kappa shape index (κ1) is 19.9. The maximum absolute atomic E-state index is 11.3. The van der Waals surface area contributed by atoms with Crippen LogP contribution in [0.25, 0.3) is 0 Å². The van der Waals surface area contributed by atoms with Crippen LogP contribution in [0.2, 0.25) is 0 Å². The molecule has 0 aliphatic carbocycles. The van der Waals surface area contributed by atoms with Gasteiger partial charge in [-0.1, -0.05) is 15.9 Å². The van der Waals surface area contributed by atoms with Gasteiger partial charge in [-0.2, -0.15) is 0 Å². The molecule has 0 spiro atoms. The van der Waals surface area contributed by atoms with Gasteiger partial charge in [-0.25, -0.2) is 0 Å². The van der Waals surface area contributed by atoms with Crippen molar-refractivity contribution in [3.05, 3.63) is 49.0 Å². The summed E-state index contributed by atoms with van der Waals surface area (Å²) >= 11 is 8.87. The van der Waals surface area contributed by atoms with E-state index in [0.29, 0.717) is 19.4 Å². The lowest BCUT2D eigenvalue weighted by atomic mass is 9.93. The first-order chi connectivity index (χ1) is 12.5. The molecule has 3 rings (SSSR count). The Morgan fingerprint density at radius 3 is 2.62 bits per heavy atom. The number of rotatable bonds is 6. The number of ether oxygens (including phenoxy) is 1. The van der Waals surface area contributed by atoms with Gasteiger partial charge in [0.25, 0.3) is 0 Å². The van der Waals surface area contributed by atoms with E-state index in [1.165, 1.54) is 4.88 Å². The molecule has 1 aliphatic rings. The summed E-state index contributed by atoms with van der Waals surface area (Å²) in [6.45, 7) is 4.11. The zero-order valence-corrected chi connectivity index (χ0v) is 18.4. The third-order valence-electron chi connectivity index (χ3n) is 4.67. The van der Waals surface area contributed by atoms with Gasteiger partial charge < -0.3 is 9.84 Å². The van der Waals surface area contributed by atoms with Crippen molar-refractivity contribution in [3.8, 4) is 5.75 Å². The summed E-state index contributed by atoms with van der Waals surface area (Å²) in [6, 6.07) is 10.4. The second-order valence-electron chi connectivity index (χ2n) is 6.31. The Morgan fingerprint density at radius 2 is 2.04 bits per heavy atom. The third kappa shape index (κ3) is 4.50. The smallest absolute Gasteiger partial charge is 0.306 e.